The zero-order chi connectivity index (χ0) is 15.3. The molecule has 0 radical (unpaired) electrons. The fraction of sp³-hybridized carbons (Fsp3) is 0.533. The quantitative estimate of drug-likeness (QED) is 0.783. The van der Waals surface area contributed by atoms with Crippen molar-refractivity contribution >= 4 is 21.5 Å². The fourth-order valence-electron chi connectivity index (χ4n) is 2.39. The van der Waals surface area contributed by atoms with Crippen molar-refractivity contribution in [3.63, 3.8) is 0 Å². The van der Waals surface area contributed by atoms with Crippen LogP contribution in [0.4, 0.5) is 5.69 Å². The van der Waals surface area contributed by atoms with Crippen LogP contribution in [-0.4, -0.2) is 44.5 Å². The molecule has 1 aliphatic heterocycles. The highest BCUT2D eigenvalue weighted by atomic mass is 32.2. The highest BCUT2D eigenvalue weighted by molar-refractivity contribution is 7.92. The van der Waals surface area contributed by atoms with E-state index >= 15 is 0 Å². The van der Waals surface area contributed by atoms with E-state index in [9.17, 15) is 13.2 Å². The largest absolute Gasteiger partial charge is 0.303 e. The van der Waals surface area contributed by atoms with Crippen molar-refractivity contribution in [2.75, 3.05) is 30.1 Å². The zero-order valence-electron chi connectivity index (χ0n) is 12.3. The smallest absolute Gasteiger partial charge is 0.232 e. The summed E-state index contributed by atoms with van der Waals surface area (Å²) in [4.78, 5) is 14.4. The van der Waals surface area contributed by atoms with Crippen molar-refractivity contribution in [1.82, 2.24) is 4.90 Å². The predicted molar refractivity (Wildman–Crippen MR) is 84.1 cm³/mol. The van der Waals surface area contributed by atoms with Crippen molar-refractivity contribution in [2.45, 2.75) is 26.2 Å². The van der Waals surface area contributed by atoms with Crippen LogP contribution in [0.1, 0.15) is 36.5 Å². The van der Waals surface area contributed by atoms with Crippen LogP contribution in [0.15, 0.2) is 24.3 Å². The average Bonchev–Trinajstić information content (AvgIpc) is 2.98. The van der Waals surface area contributed by atoms with Gasteiger partial charge in [-0.25, -0.2) is 8.42 Å². The molecule has 0 spiro atoms. The maximum absolute atomic E-state index is 12.1. The van der Waals surface area contributed by atoms with Gasteiger partial charge in [-0.15, -0.1) is 0 Å². The van der Waals surface area contributed by atoms with E-state index in [1.807, 2.05) is 0 Å². The number of nitrogens with zero attached hydrogens (tertiary/aromatic N) is 1. The van der Waals surface area contributed by atoms with Gasteiger partial charge >= 0.3 is 0 Å². The third-order valence-corrected chi connectivity index (χ3v) is 5.02. The summed E-state index contributed by atoms with van der Waals surface area (Å²) in [6.07, 6.45) is 2.96. The summed E-state index contributed by atoms with van der Waals surface area (Å²) in [7, 11) is -3.27. The zero-order valence-corrected chi connectivity index (χ0v) is 13.2. The summed E-state index contributed by atoms with van der Waals surface area (Å²) >= 11 is 0. The van der Waals surface area contributed by atoms with E-state index in [4.69, 9.17) is 0 Å². The molecule has 1 saturated heterocycles. The average molecular weight is 310 g/mol. The first-order valence-corrected chi connectivity index (χ1v) is 9.01. The lowest BCUT2D eigenvalue weighted by molar-refractivity contribution is 0.0969. The molecule has 1 aromatic carbocycles. The Labute approximate surface area is 126 Å². The Balaban J connectivity index is 1.90. The number of rotatable bonds is 7. The number of Topliss-reactive ketones (excluding diaryl/α,β-unsaturated/α-hetero) is 1. The molecule has 6 heteroatoms. The van der Waals surface area contributed by atoms with Crippen molar-refractivity contribution in [3.8, 4) is 0 Å². The third kappa shape index (κ3) is 4.82. The van der Waals surface area contributed by atoms with Gasteiger partial charge in [0.15, 0.2) is 5.78 Å². The summed E-state index contributed by atoms with van der Waals surface area (Å²) in [6.45, 7) is 4.57. The molecule has 0 aliphatic carbocycles. The van der Waals surface area contributed by atoms with Gasteiger partial charge in [-0.2, -0.15) is 0 Å². The van der Waals surface area contributed by atoms with Gasteiger partial charge in [-0.3, -0.25) is 9.52 Å². The summed E-state index contributed by atoms with van der Waals surface area (Å²) in [5.41, 5.74) is 1.13. The molecule has 2 rings (SSSR count). The first-order valence-electron chi connectivity index (χ1n) is 7.36. The standard InChI is InChI=1S/C15H22N2O3S/c1-2-21(19,20)16-14-7-5-13(6-8-14)15(18)9-12-17-10-3-4-11-17/h5-8,16H,2-4,9-12H2,1H3. The number of carbonyl (C=O) groups excluding carboxylic acids is 1. The van der Waals surface area contributed by atoms with Gasteiger partial charge in [0, 0.05) is 24.2 Å². The van der Waals surface area contributed by atoms with Gasteiger partial charge < -0.3 is 4.90 Å². The molecule has 116 valence electrons. The number of hydrogen-bond donors (Lipinski definition) is 1. The molecule has 0 saturated carbocycles. The van der Waals surface area contributed by atoms with Gasteiger partial charge in [-0.1, -0.05) is 0 Å². The van der Waals surface area contributed by atoms with Crippen LogP contribution in [0.25, 0.3) is 0 Å². The predicted octanol–water partition coefficient (Wildman–Crippen LogP) is 2.12. The Morgan fingerprint density at radius 2 is 1.81 bits per heavy atom. The second kappa shape index (κ2) is 7.04. The lowest BCUT2D eigenvalue weighted by Gasteiger charge is -2.13. The van der Waals surface area contributed by atoms with Gasteiger partial charge in [0.05, 0.1) is 5.75 Å². The van der Waals surface area contributed by atoms with Gasteiger partial charge in [0.25, 0.3) is 0 Å². The number of likely N-dealkylation sites (tertiary alicyclic amines) is 1. The summed E-state index contributed by atoms with van der Waals surface area (Å²) in [6, 6.07) is 6.63. The molecule has 1 heterocycles. The van der Waals surface area contributed by atoms with Crippen molar-refractivity contribution < 1.29 is 13.2 Å². The maximum Gasteiger partial charge on any atom is 0.232 e. The molecule has 1 N–H and O–H groups in total. The van der Waals surface area contributed by atoms with E-state index in [1.54, 1.807) is 31.2 Å². The number of ketones is 1. The van der Waals surface area contributed by atoms with E-state index in [0.717, 1.165) is 19.6 Å². The van der Waals surface area contributed by atoms with E-state index in [2.05, 4.69) is 9.62 Å². The minimum Gasteiger partial charge on any atom is -0.303 e. The molecule has 5 nitrogen and oxygen atoms in total. The van der Waals surface area contributed by atoms with Gasteiger partial charge in [0.2, 0.25) is 10.0 Å². The van der Waals surface area contributed by atoms with Gasteiger partial charge in [-0.05, 0) is 57.1 Å². The highest BCUT2D eigenvalue weighted by Crippen LogP contribution is 2.14. The number of anilines is 1. The first kappa shape index (κ1) is 16.0. The van der Waals surface area contributed by atoms with Crippen LogP contribution < -0.4 is 4.72 Å². The Morgan fingerprint density at radius 3 is 2.38 bits per heavy atom. The molecule has 1 aromatic rings. The second-order valence-electron chi connectivity index (χ2n) is 5.30. The number of sulfonamides is 1. The van der Waals surface area contributed by atoms with Crippen LogP contribution in [0, 0.1) is 0 Å². The second-order valence-corrected chi connectivity index (χ2v) is 7.32. The molecule has 1 fully saturated rings. The molecule has 21 heavy (non-hydrogen) atoms. The van der Waals surface area contributed by atoms with Crippen LogP contribution >= 0.6 is 0 Å². The minimum atomic E-state index is -3.27. The first-order chi connectivity index (χ1) is 10.00. The Hall–Kier alpha value is -1.40. The normalized spacial score (nSPS) is 16.0. The monoisotopic (exact) mass is 310 g/mol. The summed E-state index contributed by atoms with van der Waals surface area (Å²) < 4.78 is 25.4. The minimum absolute atomic E-state index is 0.0313. The Kier molecular flexibility index (Phi) is 5.36. The molecule has 0 atom stereocenters. The molecular formula is C15H22N2O3S. The molecule has 0 amide bonds. The van der Waals surface area contributed by atoms with Crippen molar-refractivity contribution in [3.05, 3.63) is 29.8 Å². The SMILES string of the molecule is CCS(=O)(=O)Nc1ccc(C(=O)CCN2CCCC2)cc1. The van der Waals surface area contributed by atoms with E-state index in [0.29, 0.717) is 17.7 Å². The number of hydrogen-bond acceptors (Lipinski definition) is 4. The van der Waals surface area contributed by atoms with E-state index in [1.165, 1.54) is 12.8 Å². The number of nitrogens with one attached hydrogen (secondary N) is 1. The van der Waals surface area contributed by atoms with Crippen molar-refractivity contribution in [1.29, 1.82) is 0 Å². The molecule has 1 aliphatic rings. The topological polar surface area (TPSA) is 66.5 Å². The maximum atomic E-state index is 12.1. The number of benzene rings is 1. The van der Waals surface area contributed by atoms with E-state index < -0.39 is 10.0 Å². The van der Waals surface area contributed by atoms with Gasteiger partial charge in [0.1, 0.15) is 0 Å². The van der Waals surface area contributed by atoms with Crippen LogP contribution in [0.3, 0.4) is 0 Å². The molecule has 0 unspecified atom stereocenters. The Morgan fingerprint density at radius 1 is 1.19 bits per heavy atom. The molecule has 0 bridgehead atoms. The molecular weight excluding hydrogens is 288 g/mol. The molecule has 0 aromatic heterocycles. The van der Waals surface area contributed by atoms with E-state index in [-0.39, 0.29) is 11.5 Å². The van der Waals surface area contributed by atoms with Crippen molar-refractivity contribution in [2.24, 2.45) is 0 Å². The number of carbonyl (C=O) groups is 1. The summed E-state index contributed by atoms with van der Waals surface area (Å²) in [5, 5.41) is 0. The summed E-state index contributed by atoms with van der Waals surface area (Å²) in [5.74, 6) is 0.135. The Bertz CT molecular complexity index is 575. The highest BCUT2D eigenvalue weighted by Gasteiger charge is 2.14. The lowest BCUT2D eigenvalue weighted by atomic mass is 10.1. The van der Waals surface area contributed by atoms with Crippen LogP contribution in [0.5, 0.6) is 0 Å². The lowest BCUT2D eigenvalue weighted by Crippen LogP contribution is -2.22. The van der Waals surface area contributed by atoms with Crippen LogP contribution in [-0.2, 0) is 10.0 Å². The van der Waals surface area contributed by atoms with Crippen LogP contribution in [0.2, 0.25) is 0 Å². The third-order valence-electron chi connectivity index (χ3n) is 3.71. The fourth-order valence-corrected chi connectivity index (χ4v) is 3.03.